The largest absolute Gasteiger partial charge is 0.466 e. The molecule has 1 atom stereocenters. The maximum atomic E-state index is 12.4. The van der Waals surface area contributed by atoms with E-state index in [1.54, 1.807) is 0 Å². The van der Waals surface area contributed by atoms with Gasteiger partial charge in [0.1, 0.15) is 11.5 Å². The lowest BCUT2D eigenvalue weighted by Gasteiger charge is -2.11. The lowest BCUT2D eigenvalue weighted by Crippen LogP contribution is -2.31. The average Bonchev–Trinajstić information content (AvgIpc) is 3.15. The fraction of sp³-hybridized carbons (Fsp3) is 0.0667. The van der Waals surface area contributed by atoms with Crippen LogP contribution < -0.4 is 16.7 Å². The second-order valence-electron chi connectivity index (χ2n) is 5.26. The Kier molecular flexibility index (Phi) is 4.64. The van der Waals surface area contributed by atoms with E-state index in [0.717, 1.165) is 6.07 Å². The van der Waals surface area contributed by atoms with Crippen LogP contribution in [-0.2, 0) is 0 Å². The molecule has 0 aliphatic rings. The van der Waals surface area contributed by atoms with Gasteiger partial charge < -0.3 is 20.2 Å². The number of H-pyrrole nitrogens is 1. The van der Waals surface area contributed by atoms with Gasteiger partial charge in [0.25, 0.3) is 11.2 Å². The molecule has 12 nitrogen and oxygen atoms in total. The minimum Gasteiger partial charge on any atom is -0.466 e. The number of aliphatic hydroxyl groups excluding tert-OH is 1. The van der Waals surface area contributed by atoms with Crippen molar-refractivity contribution in [3.63, 3.8) is 0 Å². The number of aromatic nitrogens is 2. The number of rotatable bonds is 5. The SMILES string of the molecule is NC(=O)N/N=C(/c1nc2ccc([N+](=O)[O-])cc2[nH]c1=O)[C@H](O)c1ccco1. The number of furan rings is 1. The van der Waals surface area contributed by atoms with Gasteiger partial charge in [0.15, 0.2) is 11.8 Å². The minimum atomic E-state index is -1.53. The van der Waals surface area contributed by atoms with Crippen LogP contribution in [0.2, 0.25) is 0 Å². The summed E-state index contributed by atoms with van der Waals surface area (Å²) >= 11 is 0. The zero-order valence-electron chi connectivity index (χ0n) is 13.4. The fourth-order valence-electron chi connectivity index (χ4n) is 2.30. The molecule has 138 valence electrons. The van der Waals surface area contributed by atoms with Gasteiger partial charge in [-0.1, -0.05) is 0 Å². The van der Waals surface area contributed by atoms with Gasteiger partial charge in [0, 0.05) is 12.1 Å². The lowest BCUT2D eigenvalue weighted by molar-refractivity contribution is -0.384. The topological polar surface area (TPSA) is 190 Å². The lowest BCUT2D eigenvalue weighted by atomic mass is 10.1. The molecule has 0 saturated carbocycles. The van der Waals surface area contributed by atoms with Crippen LogP contribution in [0, 0.1) is 10.1 Å². The van der Waals surface area contributed by atoms with Gasteiger partial charge in [0.05, 0.1) is 22.2 Å². The molecule has 2 aromatic heterocycles. The van der Waals surface area contributed by atoms with Crippen molar-refractivity contribution >= 4 is 28.5 Å². The first-order valence-corrected chi connectivity index (χ1v) is 7.40. The van der Waals surface area contributed by atoms with Gasteiger partial charge in [-0.3, -0.25) is 14.9 Å². The quantitative estimate of drug-likeness (QED) is 0.285. The summed E-state index contributed by atoms with van der Waals surface area (Å²) in [5, 5.41) is 25.0. The number of hydrogen-bond donors (Lipinski definition) is 4. The number of hydrogen-bond acceptors (Lipinski definition) is 8. The average molecular weight is 372 g/mol. The molecule has 5 N–H and O–H groups in total. The summed E-state index contributed by atoms with van der Waals surface area (Å²) in [7, 11) is 0. The number of aliphatic hydroxyl groups is 1. The van der Waals surface area contributed by atoms with E-state index in [1.807, 2.05) is 5.43 Å². The molecule has 0 aliphatic carbocycles. The summed E-state index contributed by atoms with van der Waals surface area (Å²) in [6.07, 6.45) is -0.231. The number of fused-ring (bicyclic) bond motifs is 1. The van der Waals surface area contributed by atoms with E-state index < -0.39 is 22.6 Å². The Bertz CT molecular complexity index is 1100. The molecule has 27 heavy (non-hydrogen) atoms. The molecule has 0 aliphatic heterocycles. The number of nitrogens with two attached hydrogens (primary N) is 1. The van der Waals surface area contributed by atoms with Crippen molar-refractivity contribution in [2.45, 2.75) is 6.10 Å². The van der Waals surface area contributed by atoms with Crippen LogP contribution in [-0.4, -0.2) is 31.7 Å². The zero-order chi connectivity index (χ0) is 19.6. The minimum absolute atomic E-state index is 0.0463. The first-order valence-electron chi connectivity index (χ1n) is 7.40. The molecule has 0 radical (unpaired) electrons. The van der Waals surface area contributed by atoms with Crippen LogP contribution >= 0.6 is 0 Å². The van der Waals surface area contributed by atoms with Crippen molar-refractivity contribution in [1.82, 2.24) is 15.4 Å². The molecule has 2 amide bonds. The second kappa shape index (κ2) is 7.05. The van der Waals surface area contributed by atoms with Crippen LogP contribution in [0.4, 0.5) is 10.5 Å². The highest BCUT2D eigenvalue weighted by Gasteiger charge is 2.25. The van der Waals surface area contributed by atoms with Crippen LogP contribution in [0.15, 0.2) is 50.9 Å². The number of hydrazone groups is 1. The summed E-state index contributed by atoms with van der Waals surface area (Å²) < 4.78 is 5.08. The molecule has 3 aromatic rings. The highest BCUT2D eigenvalue weighted by molar-refractivity contribution is 6.03. The summed E-state index contributed by atoms with van der Waals surface area (Å²) in [6, 6.07) is 5.60. The molecule has 0 unspecified atom stereocenters. The molecule has 1 aromatic carbocycles. The number of aromatic amines is 1. The molecule has 0 spiro atoms. The van der Waals surface area contributed by atoms with E-state index in [2.05, 4.69) is 15.1 Å². The highest BCUT2D eigenvalue weighted by Crippen LogP contribution is 2.20. The number of benzene rings is 1. The summed E-state index contributed by atoms with van der Waals surface area (Å²) in [6.45, 7) is 0. The summed E-state index contributed by atoms with van der Waals surface area (Å²) in [4.78, 5) is 40.2. The zero-order valence-corrected chi connectivity index (χ0v) is 13.4. The van der Waals surface area contributed by atoms with E-state index in [0.29, 0.717) is 0 Å². The van der Waals surface area contributed by atoms with Gasteiger partial charge in [-0.05, 0) is 18.2 Å². The first-order chi connectivity index (χ1) is 12.9. The summed E-state index contributed by atoms with van der Waals surface area (Å²) in [5.74, 6) is 0.0463. The van der Waals surface area contributed by atoms with E-state index in [4.69, 9.17) is 10.2 Å². The van der Waals surface area contributed by atoms with Crippen molar-refractivity contribution in [2.24, 2.45) is 10.8 Å². The maximum Gasteiger partial charge on any atom is 0.332 e. The Morgan fingerprint density at radius 1 is 1.44 bits per heavy atom. The number of nitrogens with one attached hydrogen (secondary N) is 2. The Labute approximate surface area is 149 Å². The molecular formula is C15H12N6O6. The Balaban J connectivity index is 2.15. The molecule has 3 rings (SSSR count). The number of amides is 2. The number of nitrogens with zero attached hydrogens (tertiary/aromatic N) is 3. The van der Waals surface area contributed by atoms with Crippen LogP contribution in [0.25, 0.3) is 11.0 Å². The van der Waals surface area contributed by atoms with Gasteiger partial charge >= 0.3 is 6.03 Å². The predicted molar refractivity (Wildman–Crippen MR) is 91.9 cm³/mol. The number of carbonyl (C=O) groups is 1. The third kappa shape index (κ3) is 3.64. The smallest absolute Gasteiger partial charge is 0.332 e. The normalized spacial score (nSPS) is 12.7. The third-order valence-electron chi connectivity index (χ3n) is 3.49. The summed E-state index contributed by atoms with van der Waals surface area (Å²) in [5.41, 5.74) is 5.55. The first kappa shape index (κ1) is 17.8. The number of urea groups is 1. The molecule has 12 heteroatoms. The van der Waals surface area contributed by atoms with E-state index in [-0.39, 0.29) is 33.9 Å². The van der Waals surface area contributed by atoms with Crippen molar-refractivity contribution in [1.29, 1.82) is 0 Å². The number of primary amides is 1. The number of nitro benzene ring substituents is 1. The van der Waals surface area contributed by atoms with Crippen molar-refractivity contribution < 1.29 is 19.2 Å². The molecular weight excluding hydrogens is 360 g/mol. The molecule has 0 saturated heterocycles. The standard InChI is InChI=1S/C15H12N6O6/c16-15(24)20-19-11(13(22)10-2-1-5-27-10)12-14(23)18-9-6-7(21(25)26)3-4-8(9)17-12/h1-6,13,22H,(H,18,23)(H3,16,20,24)/b19-11-/t13-/m1/s1. The van der Waals surface area contributed by atoms with Crippen LogP contribution in [0.3, 0.4) is 0 Å². The Morgan fingerprint density at radius 3 is 2.85 bits per heavy atom. The van der Waals surface area contributed by atoms with E-state index in [1.165, 1.54) is 30.5 Å². The second-order valence-corrected chi connectivity index (χ2v) is 5.26. The van der Waals surface area contributed by atoms with Crippen LogP contribution in [0.1, 0.15) is 17.6 Å². The highest BCUT2D eigenvalue weighted by atomic mass is 16.6. The predicted octanol–water partition coefficient (Wildman–Crippen LogP) is 0.530. The number of nitro groups is 1. The monoisotopic (exact) mass is 372 g/mol. The van der Waals surface area contributed by atoms with Crippen molar-refractivity contribution in [3.8, 4) is 0 Å². The molecule has 2 heterocycles. The van der Waals surface area contributed by atoms with E-state index >= 15 is 0 Å². The molecule has 0 fully saturated rings. The third-order valence-corrected chi connectivity index (χ3v) is 3.49. The number of non-ortho nitro benzene ring substituents is 1. The Hall–Kier alpha value is -4.06. The van der Waals surface area contributed by atoms with Crippen LogP contribution in [0.5, 0.6) is 0 Å². The van der Waals surface area contributed by atoms with Crippen molar-refractivity contribution in [2.75, 3.05) is 0 Å². The van der Waals surface area contributed by atoms with Crippen molar-refractivity contribution in [3.05, 3.63) is 68.5 Å². The van der Waals surface area contributed by atoms with Gasteiger partial charge in [-0.15, -0.1) is 0 Å². The van der Waals surface area contributed by atoms with Gasteiger partial charge in [-0.25, -0.2) is 15.2 Å². The Morgan fingerprint density at radius 2 is 2.22 bits per heavy atom. The van der Waals surface area contributed by atoms with E-state index in [9.17, 15) is 24.8 Å². The fourth-order valence-corrected chi connectivity index (χ4v) is 2.30. The molecule has 0 bridgehead atoms. The van der Waals surface area contributed by atoms with Gasteiger partial charge in [0.2, 0.25) is 0 Å². The maximum absolute atomic E-state index is 12.4. The van der Waals surface area contributed by atoms with Gasteiger partial charge in [-0.2, -0.15) is 5.10 Å². The number of carbonyl (C=O) groups excluding carboxylic acids is 1.